The zero-order chi connectivity index (χ0) is 38.1. The summed E-state index contributed by atoms with van der Waals surface area (Å²) in [6.45, 7) is 0. The van der Waals surface area contributed by atoms with Crippen molar-refractivity contribution in [2.24, 2.45) is 0 Å². The molecule has 0 aliphatic rings. The Morgan fingerprint density at radius 2 is 0.842 bits per heavy atom. The zero-order valence-electron chi connectivity index (χ0n) is 30.9. The lowest BCUT2D eigenvalue weighted by molar-refractivity contribution is 1.16. The molecule has 0 spiro atoms. The van der Waals surface area contributed by atoms with Gasteiger partial charge in [-0.1, -0.05) is 158 Å². The Labute approximate surface area is 331 Å². The molecule has 0 fully saturated rings. The molecule has 10 rings (SSSR count). The van der Waals surface area contributed by atoms with Gasteiger partial charge in [0.15, 0.2) is 5.82 Å². The van der Waals surface area contributed by atoms with Crippen LogP contribution >= 0.6 is 0 Å². The van der Waals surface area contributed by atoms with E-state index in [1.165, 1.54) is 21.9 Å². The van der Waals surface area contributed by atoms with Crippen molar-refractivity contribution in [3.63, 3.8) is 0 Å². The van der Waals surface area contributed by atoms with Gasteiger partial charge in [0.25, 0.3) is 0 Å². The first-order chi connectivity index (χ1) is 28.2. The summed E-state index contributed by atoms with van der Waals surface area (Å²) in [6, 6.07) is 74.0. The van der Waals surface area contributed by atoms with Gasteiger partial charge in [-0.2, -0.15) is 5.26 Å². The highest BCUT2D eigenvalue weighted by atomic mass is 15.0. The fourth-order valence-corrected chi connectivity index (χ4v) is 7.77. The maximum absolute atomic E-state index is 9.61. The molecule has 0 aliphatic heterocycles. The number of fused-ring (bicyclic) bond motifs is 3. The van der Waals surface area contributed by atoms with Crippen LogP contribution in [0.3, 0.4) is 0 Å². The third-order valence-electron chi connectivity index (χ3n) is 10.6. The van der Waals surface area contributed by atoms with Crippen molar-refractivity contribution in [2.75, 3.05) is 0 Å². The molecule has 0 atom stereocenters. The first-order valence-electron chi connectivity index (χ1n) is 19.0. The zero-order valence-corrected chi connectivity index (χ0v) is 30.9. The van der Waals surface area contributed by atoms with Gasteiger partial charge in [0.1, 0.15) is 0 Å². The Kier molecular flexibility index (Phi) is 8.52. The maximum atomic E-state index is 9.61. The Bertz CT molecular complexity index is 3030. The highest BCUT2D eigenvalue weighted by Gasteiger charge is 2.18. The van der Waals surface area contributed by atoms with Gasteiger partial charge in [0, 0.05) is 33.2 Å². The summed E-state index contributed by atoms with van der Waals surface area (Å²) in [4.78, 5) is 10.3. The quantitative estimate of drug-likeness (QED) is 0.164. The molecule has 8 aromatic carbocycles. The van der Waals surface area contributed by atoms with Crippen LogP contribution in [0.4, 0.5) is 0 Å². The van der Waals surface area contributed by atoms with Crippen LogP contribution in [-0.2, 0) is 0 Å². The second kappa shape index (κ2) is 14.4. The summed E-state index contributed by atoms with van der Waals surface area (Å²) in [5.41, 5.74) is 15.2. The van der Waals surface area contributed by atoms with Gasteiger partial charge in [-0.3, -0.25) is 0 Å². The van der Waals surface area contributed by atoms with Crippen molar-refractivity contribution in [2.45, 2.75) is 0 Å². The summed E-state index contributed by atoms with van der Waals surface area (Å²) in [7, 11) is 0. The fraction of sp³-hybridized carbons (Fsp3) is 0. The highest BCUT2D eigenvalue weighted by molar-refractivity contribution is 6.10. The largest absolute Gasteiger partial charge is 0.309 e. The number of benzene rings is 8. The molecule has 4 nitrogen and oxygen atoms in total. The van der Waals surface area contributed by atoms with Crippen LogP contribution in [0.15, 0.2) is 206 Å². The van der Waals surface area contributed by atoms with Crippen LogP contribution in [0, 0.1) is 11.3 Å². The smallest absolute Gasteiger partial charge is 0.160 e. The minimum atomic E-state index is 0.623. The van der Waals surface area contributed by atoms with E-state index in [1.807, 2.05) is 66.7 Å². The minimum Gasteiger partial charge on any atom is -0.309 e. The standard InChI is InChI=1S/C53H34N4/c54-35-36-20-22-40(23-21-36)44-30-45(50-34-49(41-14-6-2-7-15-41)55-53(56-50)42-16-8-3-9-17-42)32-46(31-44)57-51-19-11-10-18-47(51)48-29-28-43(33-52(48)57)39-26-24-38(25-27-39)37-12-4-1-5-13-37/h1-34H. The summed E-state index contributed by atoms with van der Waals surface area (Å²) in [5.74, 6) is 0.664. The number of rotatable bonds is 7. The van der Waals surface area contributed by atoms with Gasteiger partial charge in [-0.05, 0) is 81.9 Å². The molecule has 57 heavy (non-hydrogen) atoms. The number of aromatic nitrogens is 3. The van der Waals surface area contributed by atoms with Crippen molar-refractivity contribution in [3.8, 4) is 79.0 Å². The lowest BCUT2D eigenvalue weighted by Crippen LogP contribution is -1.99. The van der Waals surface area contributed by atoms with E-state index in [9.17, 15) is 5.26 Å². The molecule has 10 aromatic rings. The summed E-state index contributed by atoms with van der Waals surface area (Å²) < 4.78 is 2.38. The van der Waals surface area contributed by atoms with Crippen molar-refractivity contribution in [3.05, 3.63) is 212 Å². The molecule has 0 bridgehead atoms. The van der Waals surface area contributed by atoms with Crippen LogP contribution in [0.25, 0.3) is 94.8 Å². The summed E-state index contributed by atoms with van der Waals surface area (Å²) in [5, 5.41) is 12.0. The summed E-state index contributed by atoms with van der Waals surface area (Å²) in [6.07, 6.45) is 0. The van der Waals surface area contributed by atoms with Crippen molar-refractivity contribution in [1.82, 2.24) is 14.5 Å². The average molecular weight is 727 g/mol. The SMILES string of the molecule is N#Cc1ccc(-c2cc(-c3cc(-c4ccccc4)nc(-c4ccccc4)n3)cc(-n3c4ccccc4c4ccc(-c5ccc(-c6ccccc6)cc5)cc43)c2)cc1. The third-order valence-corrected chi connectivity index (χ3v) is 10.6. The van der Waals surface area contributed by atoms with E-state index >= 15 is 0 Å². The number of hydrogen-bond acceptors (Lipinski definition) is 3. The molecule has 0 saturated heterocycles. The molecule has 0 unspecified atom stereocenters. The Morgan fingerprint density at radius 1 is 0.351 bits per heavy atom. The van der Waals surface area contributed by atoms with E-state index in [0.29, 0.717) is 11.4 Å². The molecular formula is C53H34N4. The van der Waals surface area contributed by atoms with E-state index in [1.54, 1.807) is 0 Å². The maximum Gasteiger partial charge on any atom is 0.160 e. The van der Waals surface area contributed by atoms with Crippen LogP contribution in [0.1, 0.15) is 5.56 Å². The van der Waals surface area contributed by atoms with E-state index < -0.39 is 0 Å². The highest BCUT2D eigenvalue weighted by Crippen LogP contribution is 2.39. The van der Waals surface area contributed by atoms with Crippen LogP contribution in [0.2, 0.25) is 0 Å². The molecule has 0 amide bonds. The Balaban J connectivity index is 1.19. The van der Waals surface area contributed by atoms with Gasteiger partial charge >= 0.3 is 0 Å². The molecule has 2 heterocycles. The van der Waals surface area contributed by atoms with Gasteiger partial charge in [-0.25, -0.2) is 9.97 Å². The summed E-state index contributed by atoms with van der Waals surface area (Å²) >= 11 is 0. The van der Waals surface area contributed by atoms with Gasteiger partial charge in [0.2, 0.25) is 0 Å². The fourth-order valence-electron chi connectivity index (χ4n) is 7.77. The Morgan fingerprint density at radius 3 is 1.53 bits per heavy atom. The van der Waals surface area contributed by atoms with Crippen molar-refractivity contribution >= 4 is 21.8 Å². The van der Waals surface area contributed by atoms with Crippen LogP contribution < -0.4 is 0 Å². The Hall–Kier alpha value is -7.87. The van der Waals surface area contributed by atoms with E-state index in [2.05, 4.69) is 150 Å². The number of nitriles is 1. The van der Waals surface area contributed by atoms with Crippen LogP contribution in [-0.4, -0.2) is 14.5 Å². The van der Waals surface area contributed by atoms with Gasteiger partial charge in [0.05, 0.1) is 34.1 Å². The monoisotopic (exact) mass is 726 g/mol. The second-order valence-corrected chi connectivity index (χ2v) is 14.2. The third kappa shape index (κ3) is 6.44. The topological polar surface area (TPSA) is 54.5 Å². The predicted molar refractivity (Wildman–Crippen MR) is 234 cm³/mol. The first-order valence-corrected chi connectivity index (χ1v) is 19.0. The van der Waals surface area contributed by atoms with Crippen LogP contribution in [0.5, 0.6) is 0 Å². The number of nitrogens with zero attached hydrogens (tertiary/aromatic N) is 4. The average Bonchev–Trinajstić information content (AvgIpc) is 3.63. The van der Waals surface area contributed by atoms with Gasteiger partial charge < -0.3 is 4.57 Å². The van der Waals surface area contributed by atoms with Crippen molar-refractivity contribution < 1.29 is 0 Å². The molecule has 0 aliphatic carbocycles. The van der Waals surface area contributed by atoms with Crippen molar-refractivity contribution in [1.29, 1.82) is 5.26 Å². The van der Waals surface area contributed by atoms with Gasteiger partial charge in [-0.15, -0.1) is 0 Å². The van der Waals surface area contributed by atoms with E-state index in [0.717, 1.165) is 67.1 Å². The number of hydrogen-bond donors (Lipinski definition) is 0. The second-order valence-electron chi connectivity index (χ2n) is 14.2. The van der Waals surface area contributed by atoms with E-state index in [-0.39, 0.29) is 0 Å². The molecule has 266 valence electrons. The lowest BCUT2D eigenvalue weighted by atomic mass is 9.98. The molecular weight excluding hydrogens is 693 g/mol. The predicted octanol–water partition coefficient (Wildman–Crippen LogP) is 13.4. The molecule has 2 aromatic heterocycles. The molecule has 0 N–H and O–H groups in total. The first kappa shape index (κ1) is 33.7. The minimum absolute atomic E-state index is 0.623. The molecule has 4 heteroatoms. The molecule has 0 radical (unpaired) electrons. The normalized spacial score (nSPS) is 11.1. The molecule has 0 saturated carbocycles. The lowest BCUT2D eigenvalue weighted by Gasteiger charge is -2.15. The van der Waals surface area contributed by atoms with E-state index in [4.69, 9.17) is 9.97 Å². The number of para-hydroxylation sites is 1.